The zero-order valence-corrected chi connectivity index (χ0v) is 10.2. The highest BCUT2D eigenvalue weighted by Gasteiger charge is 2.18. The van der Waals surface area contributed by atoms with E-state index in [0.717, 1.165) is 25.1 Å². The number of benzene rings is 1. The first kappa shape index (κ1) is 11.7. The number of phenolic OH excluding ortho intramolecular Hbond substituents is 1. The van der Waals surface area contributed by atoms with Crippen molar-refractivity contribution in [3.63, 3.8) is 0 Å². The van der Waals surface area contributed by atoms with Crippen molar-refractivity contribution in [3.8, 4) is 5.75 Å². The van der Waals surface area contributed by atoms with Crippen LogP contribution >= 0.6 is 11.6 Å². The number of hydrogen-bond donors (Lipinski definition) is 2. The molecule has 0 aromatic heterocycles. The minimum Gasteiger partial charge on any atom is -0.506 e. The highest BCUT2D eigenvalue weighted by Crippen LogP contribution is 2.26. The lowest BCUT2D eigenvalue weighted by atomic mass is 10.2. The quantitative estimate of drug-likeness (QED) is 0.847. The molecule has 16 heavy (non-hydrogen) atoms. The molecule has 1 aromatic carbocycles. The fourth-order valence-corrected chi connectivity index (χ4v) is 2.25. The molecule has 0 saturated carbocycles. The highest BCUT2D eigenvalue weighted by molar-refractivity contribution is 6.32. The summed E-state index contributed by atoms with van der Waals surface area (Å²) >= 11 is 5.85. The number of para-hydroxylation sites is 1. The van der Waals surface area contributed by atoms with Crippen molar-refractivity contribution in [1.29, 1.82) is 0 Å². The van der Waals surface area contributed by atoms with E-state index in [1.807, 2.05) is 12.1 Å². The summed E-state index contributed by atoms with van der Waals surface area (Å²) in [6.45, 7) is 2.88. The Morgan fingerprint density at radius 2 is 2.38 bits per heavy atom. The predicted octanol–water partition coefficient (Wildman–Crippen LogP) is 1.84. The van der Waals surface area contributed by atoms with Crippen LogP contribution in [-0.4, -0.2) is 36.2 Å². The molecule has 1 saturated heterocycles. The molecule has 1 heterocycles. The van der Waals surface area contributed by atoms with Gasteiger partial charge in [0.1, 0.15) is 5.75 Å². The van der Waals surface area contributed by atoms with Gasteiger partial charge in [-0.25, -0.2) is 0 Å². The molecule has 1 atom stereocenters. The molecule has 2 rings (SSSR count). The minimum atomic E-state index is 0.197. The Morgan fingerprint density at radius 1 is 1.56 bits per heavy atom. The van der Waals surface area contributed by atoms with E-state index in [-0.39, 0.29) is 5.75 Å². The van der Waals surface area contributed by atoms with Gasteiger partial charge in [-0.15, -0.1) is 0 Å². The molecule has 1 unspecified atom stereocenters. The van der Waals surface area contributed by atoms with Crippen molar-refractivity contribution in [2.24, 2.45) is 0 Å². The third kappa shape index (κ3) is 2.67. The minimum absolute atomic E-state index is 0.197. The zero-order chi connectivity index (χ0) is 11.5. The van der Waals surface area contributed by atoms with E-state index in [1.54, 1.807) is 6.07 Å². The summed E-state index contributed by atoms with van der Waals surface area (Å²) < 4.78 is 0. The third-order valence-corrected chi connectivity index (χ3v) is 3.35. The topological polar surface area (TPSA) is 35.5 Å². The number of aromatic hydroxyl groups is 1. The lowest BCUT2D eigenvalue weighted by Crippen LogP contribution is -2.30. The van der Waals surface area contributed by atoms with E-state index in [1.165, 1.54) is 0 Å². The Hall–Kier alpha value is -0.770. The van der Waals surface area contributed by atoms with Crippen LogP contribution in [0.4, 0.5) is 0 Å². The first-order valence-electron chi connectivity index (χ1n) is 5.55. The Morgan fingerprint density at radius 3 is 3.06 bits per heavy atom. The second-order valence-electron chi connectivity index (χ2n) is 4.38. The van der Waals surface area contributed by atoms with Crippen molar-refractivity contribution < 1.29 is 5.11 Å². The van der Waals surface area contributed by atoms with Crippen molar-refractivity contribution in [1.82, 2.24) is 10.2 Å². The molecule has 88 valence electrons. The lowest BCUT2D eigenvalue weighted by Gasteiger charge is -2.13. The first-order chi connectivity index (χ1) is 7.66. The average molecular weight is 241 g/mol. The normalized spacial score (nSPS) is 21.5. The summed E-state index contributed by atoms with van der Waals surface area (Å²) in [6.07, 6.45) is 1.16. The van der Waals surface area contributed by atoms with Crippen molar-refractivity contribution >= 4 is 11.6 Å². The summed E-state index contributed by atoms with van der Waals surface area (Å²) in [4.78, 5) is 2.30. The summed E-state index contributed by atoms with van der Waals surface area (Å²) in [5, 5.41) is 13.6. The largest absolute Gasteiger partial charge is 0.506 e. The van der Waals surface area contributed by atoms with Crippen LogP contribution in [0.3, 0.4) is 0 Å². The summed E-state index contributed by atoms with van der Waals surface area (Å²) in [6, 6.07) is 5.97. The Bertz CT molecular complexity index is 370. The first-order valence-corrected chi connectivity index (χ1v) is 5.93. The zero-order valence-electron chi connectivity index (χ0n) is 9.41. The van der Waals surface area contributed by atoms with Crippen molar-refractivity contribution in [2.75, 3.05) is 20.1 Å². The molecule has 1 aromatic rings. The number of likely N-dealkylation sites (N-methyl/N-ethyl adjacent to an activating group) is 1. The summed E-state index contributed by atoms with van der Waals surface area (Å²) in [5.74, 6) is 0.197. The molecular weight excluding hydrogens is 224 g/mol. The van der Waals surface area contributed by atoms with E-state index < -0.39 is 0 Å². The van der Waals surface area contributed by atoms with Crippen LogP contribution in [-0.2, 0) is 6.54 Å². The molecule has 3 nitrogen and oxygen atoms in total. The molecule has 1 aliphatic heterocycles. The van der Waals surface area contributed by atoms with Gasteiger partial charge < -0.3 is 15.3 Å². The maximum absolute atomic E-state index is 9.74. The average Bonchev–Trinajstić information content (AvgIpc) is 2.67. The number of nitrogens with one attached hydrogen (secondary N) is 1. The maximum atomic E-state index is 9.74. The van der Waals surface area contributed by atoms with Gasteiger partial charge in [-0.2, -0.15) is 0 Å². The van der Waals surface area contributed by atoms with Gasteiger partial charge in [0.2, 0.25) is 0 Å². The van der Waals surface area contributed by atoms with E-state index in [2.05, 4.69) is 17.3 Å². The number of likely N-dealkylation sites (tertiary alicyclic amines) is 1. The maximum Gasteiger partial charge on any atom is 0.138 e. The van der Waals surface area contributed by atoms with Crippen LogP contribution in [0.25, 0.3) is 0 Å². The monoisotopic (exact) mass is 240 g/mol. The molecule has 0 aliphatic carbocycles. The SMILES string of the molecule is CN1CCC(NCc2cccc(Cl)c2O)C1. The van der Waals surface area contributed by atoms with E-state index >= 15 is 0 Å². The van der Waals surface area contributed by atoms with Gasteiger partial charge in [-0.1, -0.05) is 23.7 Å². The standard InChI is InChI=1S/C12H17ClN2O/c1-15-6-5-10(8-15)14-7-9-3-2-4-11(13)12(9)16/h2-4,10,14,16H,5-8H2,1H3. The van der Waals surface area contributed by atoms with Gasteiger partial charge in [0.15, 0.2) is 0 Å². The van der Waals surface area contributed by atoms with Crippen LogP contribution < -0.4 is 5.32 Å². The molecular formula is C12H17ClN2O. The van der Waals surface area contributed by atoms with Gasteiger partial charge >= 0.3 is 0 Å². The number of halogens is 1. The second-order valence-corrected chi connectivity index (χ2v) is 4.78. The molecule has 0 spiro atoms. The van der Waals surface area contributed by atoms with Gasteiger partial charge in [-0.3, -0.25) is 0 Å². The third-order valence-electron chi connectivity index (χ3n) is 3.04. The highest BCUT2D eigenvalue weighted by atomic mass is 35.5. The van der Waals surface area contributed by atoms with Crippen LogP contribution in [0, 0.1) is 0 Å². The number of hydrogen-bond acceptors (Lipinski definition) is 3. The van der Waals surface area contributed by atoms with Crippen LogP contribution in [0.1, 0.15) is 12.0 Å². The van der Waals surface area contributed by atoms with Crippen molar-refractivity contribution in [2.45, 2.75) is 19.0 Å². The Labute approximate surface area is 101 Å². The second kappa shape index (κ2) is 5.04. The predicted molar refractivity (Wildman–Crippen MR) is 65.9 cm³/mol. The fraction of sp³-hybridized carbons (Fsp3) is 0.500. The van der Waals surface area contributed by atoms with E-state index in [9.17, 15) is 5.11 Å². The molecule has 0 radical (unpaired) electrons. The Balaban J connectivity index is 1.92. The van der Waals surface area contributed by atoms with E-state index in [0.29, 0.717) is 17.6 Å². The molecule has 0 bridgehead atoms. The molecule has 4 heteroatoms. The lowest BCUT2D eigenvalue weighted by molar-refractivity contribution is 0.396. The van der Waals surface area contributed by atoms with Gasteiger partial charge in [-0.05, 0) is 26.1 Å². The molecule has 0 amide bonds. The molecule has 1 aliphatic rings. The fourth-order valence-electron chi connectivity index (χ4n) is 2.06. The van der Waals surface area contributed by atoms with Crippen molar-refractivity contribution in [3.05, 3.63) is 28.8 Å². The number of phenols is 1. The molecule has 2 N–H and O–H groups in total. The van der Waals surface area contributed by atoms with Crippen LogP contribution in [0.5, 0.6) is 5.75 Å². The molecule has 1 fully saturated rings. The number of nitrogens with zero attached hydrogens (tertiary/aromatic N) is 1. The van der Waals surface area contributed by atoms with Crippen LogP contribution in [0.15, 0.2) is 18.2 Å². The smallest absolute Gasteiger partial charge is 0.138 e. The summed E-state index contributed by atoms with van der Waals surface area (Å²) in [5.41, 5.74) is 0.863. The summed E-state index contributed by atoms with van der Waals surface area (Å²) in [7, 11) is 2.12. The van der Waals surface area contributed by atoms with Gasteiger partial charge in [0.25, 0.3) is 0 Å². The Kier molecular flexibility index (Phi) is 3.69. The van der Waals surface area contributed by atoms with Crippen LogP contribution in [0.2, 0.25) is 5.02 Å². The van der Waals surface area contributed by atoms with Gasteiger partial charge in [0.05, 0.1) is 5.02 Å². The van der Waals surface area contributed by atoms with Gasteiger partial charge in [0, 0.05) is 24.7 Å². The number of rotatable bonds is 3. The van der Waals surface area contributed by atoms with E-state index in [4.69, 9.17) is 11.6 Å².